The van der Waals surface area contributed by atoms with E-state index in [2.05, 4.69) is 48.6 Å². The van der Waals surface area contributed by atoms with Crippen LogP contribution < -0.4 is 10.1 Å². The third-order valence-corrected chi connectivity index (χ3v) is 5.43. The van der Waals surface area contributed by atoms with Crippen LogP contribution in [-0.4, -0.2) is 17.1 Å². The fourth-order valence-electron chi connectivity index (χ4n) is 3.70. The molecule has 1 aromatic heterocycles. The maximum absolute atomic E-state index is 12.7. The molecule has 30 heavy (non-hydrogen) atoms. The molecule has 0 aliphatic heterocycles. The number of hydrogen-bond donors (Lipinski definition) is 1. The second-order valence-electron chi connectivity index (χ2n) is 8.44. The Morgan fingerprint density at radius 1 is 1.10 bits per heavy atom. The van der Waals surface area contributed by atoms with Gasteiger partial charge in [0.2, 0.25) is 0 Å². The quantitative estimate of drug-likeness (QED) is 0.547. The highest BCUT2D eigenvalue weighted by atomic mass is 16.5. The first kappa shape index (κ1) is 21.6. The Labute approximate surface area is 178 Å². The third kappa shape index (κ3) is 5.29. The highest BCUT2D eigenvalue weighted by molar-refractivity contribution is 5.94. The summed E-state index contributed by atoms with van der Waals surface area (Å²) in [5, 5.41) is 7.04. The van der Waals surface area contributed by atoms with E-state index in [1.807, 2.05) is 39.0 Å². The van der Waals surface area contributed by atoms with Crippen molar-refractivity contribution in [1.82, 2.24) is 10.5 Å². The number of carbonyl (C=O) groups is 1. The van der Waals surface area contributed by atoms with Crippen molar-refractivity contribution in [3.05, 3.63) is 82.7 Å². The van der Waals surface area contributed by atoms with Gasteiger partial charge in [-0.2, -0.15) is 0 Å². The Bertz CT molecular complexity index is 956. The molecule has 0 spiro atoms. The highest BCUT2D eigenvalue weighted by Crippen LogP contribution is 2.28. The Morgan fingerprint density at radius 3 is 2.37 bits per heavy atom. The van der Waals surface area contributed by atoms with Gasteiger partial charge >= 0.3 is 0 Å². The minimum atomic E-state index is -0.0800. The fraction of sp³-hybridized carbons (Fsp3) is 0.360. The predicted octanol–water partition coefficient (Wildman–Crippen LogP) is 5.36. The van der Waals surface area contributed by atoms with Crippen LogP contribution in [0.2, 0.25) is 0 Å². The van der Waals surface area contributed by atoms with Crippen molar-refractivity contribution in [3.8, 4) is 5.75 Å². The fourth-order valence-corrected chi connectivity index (χ4v) is 3.70. The molecule has 1 atom stereocenters. The normalized spacial score (nSPS) is 12.4. The van der Waals surface area contributed by atoms with Crippen molar-refractivity contribution in [1.29, 1.82) is 0 Å². The maximum atomic E-state index is 12.7. The summed E-state index contributed by atoms with van der Waals surface area (Å²) >= 11 is 0. The summed E-state index contributed by atoms with van der Waals surface area (Å²) < 4.78 is 11.0. The van der Waals surface area contributed by atoms with Crippen molar-refractivity contribution in [2.75, 3.05) is 0 Å². The van der Waals surface area contributed by atoms with Gasteiger partial charge in [-0.1, -0.05) is 49.3 Å². The third-order valence-electron chi connectivity index (χ3n) is 5.43. The largest absolute Gasteiger partial charge is 0.489 e. The van der Waals surface area contributed by atoms with E-state index in [9.17, 15) is 4.79 Å². The van der Waals surface area contributed by atoms with E-state index < -0.39 is 0 Å². The standard InChI is InChI=1S/C25H30N2O3/c1-17(15-25(4,5)21-9-7-6-8-10-21)26-24(28)20-11-13-22(14-12-20)29-16-23-18(2)27-30-19(23)3/h6-14,17H,15-16H2,1-5H3,(H,26,28). The van der Waals surface area contributed by atoms with Crippen LogP contribution in [0.1, 0.15) is 60.1 Å². The van der Waals surface area contributed by atoms with Crippen molar-refractivity contribution < 1.29 is 14.1 Å². The average molecular weight is 407 g/mol. The summed E-state index contributed by atoms with van der Waals surface area (Å²) in [7, 11) is 0. The number of benzene rings is 2. The average Bonchev–Trinajstić information content (AvgIpc) is 3.04. The first-order valence-electron chi connectivity index (χ1n) is 10.3. The Kier molecular flexibility index (Phi) is 6.60. The Balaban J connectivity index is 1.55. The number of aryl methyl sites for hydroxylation is 2. The van der Waals surface area contributed by atoms with Crippen molar-refractivity contribution in [3.63, 3.8) is 0 Å². The lowest BCUT2D eigenvalue weighted by Crippen LogP contribution is -2.37. The number of carbonyl (C=O) groups excluding carboxylic acids is 1. The van der Waals surface area contributed by atoms with Crippen LogP contribution in [0.4, 0.5) is 0 Å². The molecule has 0 fully saturated rings. The highest BCUT2D eigenvalue weighted by Gasteiger charge is 2.24. The van der Waals surface area contributed by atoms with Gasteiger partial charge in [-0.05, 0) is 62.4 Å². The van der Waals surface area contributed by atoms with Gasteiger partial charge in [0.15, 0.2) is 0 Å². The van der Waals surface area contributed by atoms with E-state index in [0.29, 0.717) is 17.9 Å². The molecule has 0 bridgehead atoms. The van der Waals surface area contributed by atoms with Gasteiger partial charge in [-0.25, -0.2) is 0 Å². The summed E-state index contributed by atoms with van der Waals surface area (Å²) in [4.78, 5) is 12.7. The summed E-state index contributed by atoms with van der Waals surface area (Å²) in [5.41, 5.74) is 3.64. The molecule has 2 aromatic carbocycles. The first-order chi connectivity index (χ1) is 14.3. The summed E-state index contributed by atoms with van der Waals surface area (Å²) in [5.74, 6) is 1.38. The number of nitrogens with zero attached hydrogens (tertiary/aromatic N) is 1. The molecule has 5 nitrogen and oxygen atoms in total. The van der Waals surface area contributed by atoms with Crippen molar-refractivity contribution in [2.45, 2.75) is 59.1 Å². The Hall–Kier alpha value is -3.08. The lowest BCUT2D eigenvalue weighted by molar-refractivity contribution is 0.0934. The van der Waals surface area contributed by atoms with Crippen LogP contribution >= 0.6 is 0 Å². The van der Waals surface area contributed by atoms with Crippen LogP contribution in [0.15, 0.2) is 59.1 Å². The molecule has 1 N–H and O–H groups in total. The molecule has 0 aliphatic carbocycles. The van der Waals surface area contributed by atoms with Crippen molar-refractivity contribution >= 4 is 5.91 Å². The van der Waals surface area contributed by atoms with E-state index in [1.54, 1.807) is 12.1 Å². The molecule has 0 radical (unpaired) electrons. The second kappa shape index (κ2) is 9.16. The molecule has 0 aliphatic rings. The number of aromatic nitrogens is 1. The second-order valence-corrected chi connectivity index (χ2v) is 8.44. The zero-order chi connectivity index (χ0) is 21.7. The minimum absolute atomic E-state index is 0.0240. The Morgan fingerprint density at radius 2 is 1.77 bits per heavy atom. The molecule has 1 heterocycles. The number of hydrogen-bond acceptors (Lipinski definition) is 4. The number of nitrogens with one attached hydrogen (secondary N) is 1. The molecule has 1 unspecified atom stereocenters. The van der Waals surface area contributed by atoms with E-state index >= 15 is 0 Å². The van der Waals surface area contributed by atoms with Gasteiger partial charge in [-0.15, -0.1) is 0 Å². The van der Waals surface area contributed by atoms with Crippen molar-refractivity contribution in [2.24, 2.45) is 0 Å². The molecular formula is C25H30N2O3. The SMILES string of the molecule is Cc1noc(C)c1COc1ccc(C(=O)NC(C)CC(C)(C)c2ccccc2)cc1. The number of ether oxygens (including phenoxy) is 1. The first-order valence-corrected chi connectivity index (χ1v) is 10.3. The maximum Gasteiger partial charge on any atom is 0.251 e. The van der Waals surface area contributed by atoms with E-state index in [0.717, 1.165) is 23.4 Å². The number of rotatable bonds is 8. The molecule has 0 saturated carbocycles. The van der Waals surface area contributed by atoms with Crippen LogP contribution in [0.25, 0.3) is 0 Å². The smallest absolute Gasteiger partial charge is 0.251 e. The molecule has 3 rings (SSSR count). The molecule has 1 amide bonds. The zero-order valence-electron chi connectivity index (χ0n) is 18.4. The molecular weight excluding hydrogens is 376 g/mol. The summed E-state index contributed by atoms with van der Waals surface area (Å²) in [6.45, 7) is 10.6. The van der Waals surface area contributed by atoms with Crippen LogP contribution in [0.5, 0.6) is 5.75 Å². The predicted molar refractivity (Wildman–Crippen MR) is 118 cm³/mol. The van der Waals surface area contributed by atoms with Gasteiger partial charge in [0.05, 0.1) is 11.3 Å². The summed E-state index contributed by atoms with van der Waals surface area (Å²) in [6.07, 6.45) is 0.849. The van der Waals surface area contributed by atoms with E-state index in [-0.39, 0.29) is 17.4 Å². The molecule has 158 valence electrons. The lowest BCUT2D eigenvalue weighted by Gasteiger charge is -2.29. The number of amides is 1. The van der Waals surface area contributed by atoms with Gasteiger partial charge in [0.1, 0.15) is 18.1 Å². The van der Waals surface area contributed by atoms with Gasteiger partial charge < -0.3 is 14.6 Å². The van der Waals surface area contributed by atoms with Crippen LogP contribution in [0.3, 0.4) is 0 Å². The van der Waals surface area contributed by atoms with E-state index in [4.69, 9.17) is 9.26 Å². The van der Waals surface area contributed by atoms with Gasteiger partial charge in [-0.3, -0.25) is 4.79 Å². The van der Waals surface area contributed by atoms with Crippen LogP contribution in [0, 0.1) is 13.8 Å². The molecule has 0 saturated heterocycles. The van der Waals surface area contributed by atoms with Crippen LogP contribution in [-0.2, 0) is 12.0 Å². The summed E-state index contributed by atoms with van der Waals surface area (Å²) in [6, 6.07) is 17.6. The minimum Gasteiger partial charge on any atom is -0.489 e. The monoisotopic (exact) mass is 406 g/mol. The van der Waals surface area contributed by atoms with E-state index in [1.165, 1.54) is 5.56 Å². The van der Waals surface area contributed by atoms with Gasteiger partial charge in [0, 0.05) is 11.6 Å². The molecule has 3 aromatic rings. The van der Waals surface area contributed by atoms with Gasteiger partial charge in [0.25, 0.3) is 5.91 Å². The lowest BCUT2D eigenvalue weighted by atomic mass is 9.79. The zero-order valence-corrected chi connectivity index (χ0v) is 18.4. The topological polar surface area (TPSA) is 64.4 Å². The molecule has 5 heteroatoms.